The Bertz CT molecular complexity index is 395. The molecule has 0 rings (SSSR count). The van der Waals surface area contributed by atoms with Crippen LogP contribution in [0, 0.1) is 0 Å². The van der Waals surface area contributed by atoms with Crippen molar-refractivity contribution >= 4 is 10.1 Å². The maximum Gasteiger partial charge on any atom is 0.267 e. The van der Waals surface area contributed by atoms with Crippen LogP contribution in [-0.4, -0.2) is 29.4 Å². The molecule has 0 amide bonds. The zero-order valence-corrected chi connectivity index (χ0v) is 18.1. The summed E-state index contributed by atoms with van der Waals surface area (Å²) in [4.78, 5) is 0. The van der Waals surface area contributed by atoms with Crippen molar-refractivity contribution in [2.24, 2.45) is 0 Å². The van der Waals surface area contributed by atoms with Gasteiger partial charge < -0.3 is 5.11 Å². The Morgan fingerprint density at radius 1 is 0.654 bits per heavy atom. The molecule has 2 N–H and O–H groups in total. The molecule has 0 bridgehead atoms. The van der Waals surface area contributed by atoms with E-state index in [2.05, 4.69) is 13.8 Å². The Labute approximate surface area is 162 Å². The van der Waals surface area contributed by atoms with Crippen LogP contribution in [0.3, 0.4) is 0 Å². The van der Waals surface area contributed by atoms with Crippen LogP contribution in [0.5, 0.6) is 0 Å². The first-order chi connectivity index (χ1) is 12.4. The van der Waals surface area contributed by atoms with Crippen LogP contribution in [0.2, 0.25) is 0 Å². The third-order valence-corrected chi connectivity index (χ3v) is 6.50. The fourth-order valence-electron chi connectivity index (χ4n) is 3.48. The van der Waals surface area contributed by atoms with Gasteiger partial charge in [-0.05, 0) is 19.3 Å². The average Bonchev–Trinajstić information content (AvgIpc) is 2.58. The Hall–Kier alpha value is -0.130. The molecule has 158 valence electrons. The molecule has 0 aromatic heterocycles. The molecule has 0 aliphatic rings. The van der Waals surface area contributed by atoms with Gasteiger partial charge in [0, 0.05) is 0 Å². The van der Waals surface area contributed by atoms with Crippen molar-refractivity contribution in [3.63, 3.8) is 0 Å². The third-order valence-electron chi connectivity index (χ3n) is 5.23. The zero-order chi connectivity index (χ0) is 19.7. The SMILES string of the molecule is CCCCCCCCCC(O)CC(CCCCCCCCC)S(=O)(=O)O. The Morgan fingerprint density at radius 2 is 1.04 bits per heavy atom. The minimum atomic E-state index is -4.07. The normalized spacial score (nSPS) is 14.5. The molecule has 0 heterocycles. The van der Waals surface area contributed by atoms with Gasteiger partial charge in [0.15, 0.2) is 0 Å². The Morgan fingerprint density at radius 3 is 1.46 bits per heavy atom. The molecule has 26 heavy (non-hydrogen) atoms. The van der Waals surface area contributed by atoms with E-state index in [1.54, 1.807) is 0 Å². The first-order valence-electron chi connectivity index (χ1n) is 11.1. The third kappa shape index (κ3) is 16.1. The molecule has 0 aromatic rings. The van der Waals surface area contributed by atoms with Crippen molar-refractivity contribution in [2.45, 2.75) is 134 Å². The summed E-state index contributed by atoms with van der Waals surface area (Å²) >= 11 is 0. The van der Waals surface area contributed by atoms with Crippen molar-refractivity contribution in [3.05, 3.63) is 0 Å². The molecule has 0 spiro atoms. The smallest absolute Gasteiger partial charge is 0.267 e. The van der Waals surface area contributed by atoms with E-state index in [9.17, 15) is 18.1 Å². The standard InChI is InChI=1S/C21H44O4S/c1-3-5-7-9-11-13-15-17-20(22)19-21(26(23,24)25)18-16-14-12-10-8-6-4-2/h20-22H,3-19H2,1-2H3,(H,23,24,25). The summed E-state index contributed by atoms with van der Waals surface area (Å²) in [6.07, 6.45) is 16.8. The van der Waals surface area contributed by atoms with Gasteiger partial charge in [-0.3, -0.25) is 4.55 Å². The lowest BCUT2D eigenvalue weighted by atomic mass is 10.0. The van der Waals surface area contributed by atoms with Crippen molar-refractivity contribution in [1.29, 1.82) is 0 Å². The lowest BCUT2D eigenvalue weighted by molar-refractivity contribution is 0.146. The number of hydrogen-bond acceptors (Lipinski definition) is 3. The molecule has 0 radical (unpaired) electrons. The Balaban J connectivity index is 3.91. The van der Waals surface area contributed by atoms with Crippen molar-refractivity contribution in [2.75, 3.05) is 0 Å². The van der Waals surface area contributed by atoms with E-state index in [4.69, 9.17) is 0 Å². The Kier molecular flexibility index (Phi) is 16.9. The second-order valence-electron chi connectivity index (χ2n) is 7.85. The highest BCUT2D eigenvalue weighted by atomic mass is 32.2. The molecule has 2 unspecified atom stereocenters. The predicted molar refractivity (Wildman–Crippen MR) is 111 cm³/mol. The van der Waals surface area contributed by atoms with Gasteiger partial charge in [-0.25, -0.2) is 0 Å². The van der Waals surface area contributed by atoms with E-state index in [-0.39, 0.29) is 6.42 Å². The van der Waals surface area contributed by atoms with Crippen molar-refractivity contribution < 1.29 is 18.1 Å². The van der Waals surface area contributed by atoms with Gasteiger partial charge in [0.25, 0.3) is 10.1 Å². The quantitative estimate of drug-likeness (QED) is 0.200. The van der Waals surface area contributed by atoms with Gasteiger partial charge in [-0.15, -0.1) is 0 Å². The first-order valence-corrected chi connectivity index (χ1v) is 12.6. The molecule has 0 saturated heterocycles. The lowest BCUT2D eigenvalue weighted by Crippen LogP contribution is -2.26. The second-order valence-corrected chi connectivity index (χ2v) is 9.54. The fourth-order valence-corrected chi connectivity index (χ4v) is 4.41. The number of unbranched alkanes of at least 4 members (excludes halogenated alkanes) is 12. The highest BCUT2D eigenvalue weighted by molar-refractivity contribution is 7.86. The summed E-state index contributed by atoms with van der Waals surface area (Å²) in [5.41, 5.74) is 0. The van der Waals surface area contributed by atoms with Crippen LogP contribution in [0.25, 0.3) is 0 Å². The van der Waals surface area contributed by atoms with Gasteiger partial charge in [0.1, 0.15) is 0 Å². The zero-order valence-electron chi connectivity index (χ0n) is 17.3. The number of hydrogen-bond donors (Lipinski definition) is 2. The van der Waals surface area contributed by atoms with Gasteiger partial charge >= 0.3 is 0 Å². The number of rotatable bonds is 19. The molecule has 0 aromatic carbocycles. The molecular weight excluding hydrogens is 348 g/mol. The number of aliphatic hydroxyl groups is 1. The molecule has 0 fully saturated rings. The van der Waals surface area contributed by atoms with Gasteiger partial charge in [-0.2, -0.15) is 8.42 Å². The summed E-state index contributed by atoms with van der Waals surface area (Å²) in [5, 5.41) is 9.34. The van der Waals surface area contributed by atoms with Crippen molar-refractivity contribution in [3.8, 4) is 0 Å². The highest BCUT2D eigenvalue weighted by Crippen LogP contribution is 2.20. The largest absolute Gasteiger partial charge is 0.393 e. The fraction of sp³-hybridized carbons (Fsp3) is 1.00. The van der Waals surface area contributed by atoms with E-state index in [1.165, 1.54) is 57.8 Å². The van der Waals surface area contributed by atoms with E-state index in [0.717, 1.165) is 32.1 Å². The molecular formula is C21H44O4S. The van der Waals surface area contributed by atoms with Crippen LogP contribution in [0.1, 0.15) is 123 Å². The lowest BCUT2D eigenvalue weighted by Gasteiger charge is -2.18. The van der Waals surface area contributed by atoms with Crippen LogP contribution in [0.15, 0.2) is 0 Å². The molecule has 0 saturated carbocycles. The highest BCUT2D eigenvalue weighted by Gasteiger charge is 2.25. The van der Waals surface area contributed by atoms with Crippen LogP contribution >= 0.6 is 0 Å². The summed E-state index contributed by atoms with van der Waals surface area (Å²) in [6, 6.07) is 0. The molecule has 4 nitrogen and oxygen atoms in total. The maximum absolute atomic E-state index is 11.6. The molecule has 0 aliphatic heterocycles. The van der Waals surface area contributed by atoms with Crippen molar-refractivity contribution in [1.82, 2.24) is 0 Å². The van der Waals surface area contributed by atoms with Crippen LogP contribution < -0.4 is 0 Å². The van der Waals surface area contributed by atoms with Gasteiger partial charge in [0.05, 0.1) is 11.4 Å². The van der Waals surface area contributed by atoms with Crippen LogP contribution in [0.4, 0.5) is 0 Å². The molecule has 2 atom stereocenters. The van der Waals surface area contributed by atoms with E-state index >= 15 is 0 Å². The van der Waals surface area contributed by atoms with Gasteiger partial charge in [-0.1, -0.05) is 104 Å². The average molecular weight is 393 g/mol. The van der Waals surface area contributed by atoms with E-state index < -0.39 is 21.5 Å². The van der Waals surface area contributed by atoms with E-state index in [0.29, 0.717) is 12.8 Å². The molecule has 0 aliphatic carbocycles. The summed E-state index contributed by atoms with van der Waals surface area (Å²) in [6.45, 7) is 4.39. The second kappa shape index (κ2) is 17.0. The predicted octanol–water partition coefficient (Wildman–Crippen LogP) is 6.28. The minimum absolute atomic E-state index is 0.171. The topological polar surface area (TPSA) is 74.6 Å². The monoisotopic (exact) mass is 392 g/mol. The summed E-state index contributed by atoms with van der Waals surface area (Å²) in [5.74, 6) is 0. The molecule has 5 heteroatoms. The van der Waals surface area contributed by atoms with Gasteiger partial charge in [0.2, 0.25) is 0 Å². The number of aliphatic hydroxyl groups excluding tert-OH is 1. The first kappa shape index (κ1) is 25.9. The summed E-state index contributed by atoms with van der Waals surface area (Å²) in [7, 11) is -4.07. The van der Waals surface area contributed by atoms with E-state index in [1.807, 2.05) is 0 Å². The van der Waals surface area contributed by atoms with Crippen LogP contribution in [-0.2, 0) is 10.1 Å². The summed E-state index contributed by atoms with van der Waals surface area (Å²) < 4.78 is 32.6. The maximum atomic E-state index is 11.6. The minimum Gasteiger partial charge on any atom is -0.393 e.